The Morgan fingerprint density at radius 3 is 2.83 bits per heavy atom. The second-order valence-electron chi connectivity index (χ2n) is 5.66. The number of rotatable bonds is 6. The predicted molar refractivity (Wildman–Crippen MR) is 88.4 cm³/mol. The highest BCUT2D eigenvalue weighted by molar-refractivity contribution is 8.00. The van der Waals surface area contributed by atoms with E-state index in [9.17, 15) is 4.79 Å². The topological polar surface area (TPSA) is 90.2 Å². The molecule has 0 aromatic carbocycles. The van der Waals surface area contributed by atoms with Gasteiger partial charge in [-0.15, -0.1) is 10.2 Å². The molecule has 0 saturated carbocycles. The van der Waals surface area contributed by atoms with Crippen molar-refractivity contribution in [3.8, 4) is 0 Å². The van der Waals surface area contributed by atoms with Crippen LogP contribution in [0.15, 0.2) is 28.0 Å². The summed E-state index contributed by atoms with van der Waals surface area (Å²) < 4.78 is 7.47. The maximum atomic E-state index is 11.4. The van der Waals surface area contributed by atoms with Gasteiger partial charge in [-0.1, -0.05) is 11.8 Å². The number of aromatic nitrogens is 3. The zero-order valence-corrected chi connectivity index (χ0v) is 14.0. The van der Waals surface area contributed by atoms with Crippen LogP contribution in [0.4, 0.5) is 5.95 Å². The van der Waals surface area contributed by atoms with E-state index in [1.54, 1.807) is 13.2 Å². The fraction of sp³-hybridized carbons (Fsp3) is 0.533. The van der Waals surface area contributed by atoms with Gasteiger partial charge in [0, 0.05) is 13.1 Å². The van der Waals surface area contributed by atoms with Gasteiger partial charge in [-0.2, -0.15) is 0 Å². The Labute approximate surface area is 139 Å². The summed E-state index contributed by atoms with van der Waals surface area (Å²) in [5, 5.41) is 8.97. The molecule has 1 saturated heterocycles. The zero-order valence-electron chi connectivity index (χ0n) is 13.1. The molecule has 2 aromatic rings. The Morgan fingerprint density at radius 1 is 1.39 bits per heavy atom. The van der Waals surface area contributed by atoms with Crippen LogP contribution in [0.5, 0.6) is 0 Å². The molecule has 124 valence electrons. The molecule has 8 heteroatoms. The van der Waals surface area contributed by atoms with Gasteiger partial charge in [0.2, 0.25) is 11.9 Å². The molecule has 3 rings (SSSR count). The molecule has 2 aromatic heterocycles. The smallest absolute Gasteiger partial charge is 0.230 e. The Hall–Kier alpha value is -1.96. The number of furan rings is 1. The third-order valence-electron chi connectivity index (χ3n) is 3.91. The van der Waals surface area contributed by atoms with Crippen molar-refractivity contribution in [2.75, 3.05) is 18.0 Å². The maximum absolute atomic E-state index is 11.4. The number of thioether (sulfide) groups is 1. The van der Waals surface area contributed by atoms with Crippen molar-refractivity contribution < 1.29 is 9.21 Å². The van der Waals surface area contributed by atoms with Crippen LogP contribution < -0.4 is 10.6 Å². The van der Waals surface area contributed by atoms with Crippen molar-refractivity contribution in [1.29, 1.82) is 0 Å². The SMILES string of the molecule is C[C@@H](Sc1nnc(N2CCCCC2)n1Cc1ccco1)C(N)=O. The summed E-state index contributed by atoms with van der Waals surface area (Å²) >= 11 is 1.33. The van der Waals surface area contributed by atoms with Gasteiger partial charge in [-0.05, 0) is 38.3 Å². The molecule has 0 bridgehead atoms. The van der Waals surface area contributed by atoms with Crippen molar-refractivity contribution in [2.24, 2.45) is 5.73 Å². The highest BCUT2D eigenvalue weighted by Crippen LogP contribution is 2.28. The lowest BCUT2D eigenvalue weighted by Gasteiger charge is -2.27. The third-order valence-corrected chi connectivity index (χ3v) is 5.01. The molecule has 1 aliphatic heterocycles. The number of nitrogens with zero attached hydrogens (tertiary/aromatic N) is 4. The lowest BCUT2D eigenvalue weighted by Crippen LogP contribution is -2.32. The molecule has 0 radical (unpaired) electrons. The van der Waals surface area contributed by atoms with Gasteiger partial charge in [0.1, 0.15) is 5.76 Å². The van der Waals surface area contributed by atoms with Crippen molar-refractivity contribution in [2.45, 2.75) is 43.1 Å². The summed E-state index contributed by atoms with van der Waals surface area (Å²) in [5.74, 6) is 1.30. The number of primary amides is 1. The lowest BCUT2D eigenvalue weighted by atomic mass is 10.1. The molecule has 1 amide bonds. The number of nitrogens with two attached hydrogens (primary N) is 1. The molecule has 0 aliphatic carbocycles. The van der Waals surface area contributed by atoms with E-state index in [0.717, 1.165) is 37.6 Å². The summed E-state index contributed by atoms with van der Waals surface area (Å²) in [6.45, 7) is 4.28. The van der Waals surface area contributed by atoms with E-state index < -0.39 is 0 Å². The molecular weight excluding hydrogens is 314 g/mol. The van der Waals surface area contributed by atoms with E-state index in [2.05, 4.69) is 15.1 Å². The molecule has 0 spiro atoms. The fourth-order valence-corrected chi connectivity index (χ4v) is 3.40. The highest BCUT2D eigenvalue weighted by atomic mass is 32.2. The van der Waals surface area contributed by atoms with Gasteiger partial charge < -0.3 is 15.1 Å². The monoisotopic (exact) mass is 335 g/mol. The normalized spacial score (nSPS) is 16.5. The average molecular weight is 335 g/mol. The molecular formula is C15H21N5O2S. The number of carbonyl (C=O) groups is 1. The largest absolute Gasteiger partial charge is 0.467 e. The van der Waals surface area contributed by atoms with Crippen LogP contribution in [0.2, 0.25) is 0 Å². The van der Waals surface area contributed by atoms with Crippen LogP contribution in [0.1, 0.15) is 31.9 Å². The van der Waals surface area contributed by atoms with Crippen LogP contribution >= 0.6 is 11.8 Å². The van der Waals surface area contributed by atoms with Crippen molar-refractivity contribution in [1.82, 2.24) is 14.8 Å². The van der Waals surface area contributed by atoms with E-state index in [0.29, 0.717) is 11.7 Å². The zero-order chi connectivity index (χ0) is 16.2. The quantitative estimate of drug-likeness (QED) is 0.811. The van der Waals surface area contributed by atoms with E-state index in [1.165, 1.54) is 18.2 Å². The summed E-state index contributed by atoms with van der Waals surface area (Å²) in [4.78, 5) is 13.6. The van der Waals surface area contributed by atoms with Crippen LogP contribution in [-0.4, -0.2) is 39.0 Å². The average Bonchev–Trinajstić information content (AvgIpc) is 3.19. The number of hydrogen-bond donors (Lipinski definition) is 1. The molecule has 2 N–H and O–H groups in total. The van der Waals surface area contributed by atoms with Crippen LogP contribution in [0, 0.1) is 0 Å². The number of amides is 1. The minimum absolute atomic E-state index is 0.358. The van der Waals surface area contributed by atoms with Gasteiger partial charge in [0.15, 0.2) is 5.16 Å². The Kier molecular flexibility index (Phi) is 4.90. The maximum Gasteiger partial charge on any atom is 0.230 e. The van der Waals surface area contributed by atoms with E-state index in [1.807, 2.05) is 16.7 Å². The van der Waals surface area contributed by atoms with Crippen LogP contribution in [0.25, 0.3) is 0 Å². The van der Waals surface area contributed by atoms with Gasteiger partial charge in [0.25, 0.3) is 0 Å². The molecule has 3 heterocycles. The summed E-state index contributed by atoms with van der Waals surface area (Å²) in [6, 6.07) is 3.78. The minimum Gasteiger partial charge on any atom is -0.467 e. The first kappa shape index (κ1) is 15.9. The number of carbonyl (C=O) groups excluding carboxylic acids is 1. The Bertz CT molecular complexity index is 649. The second kappa shape index (κ2) is 7.08. The molecule has 1 aliphatic rings. The van der Waals surface area contributed by atoms with E-state index >= 15 is 0 Å². The highest BCUT2D eigenvalue weighted by Gasteiger charge is 2.23. The molecule has 1 fully saturated rings. The summed E-state index contributed by atoms with van der Waals surface area (Å²) in [7, 11) is 0. The molecule has 1 atom stereocenters. The number of anilines is 1. The Morgan fingerprint density at radius 2 is 2.17 bits per heavy atom. The van der Waals surface area contributed by atoms with Gasteiger partial charge in [-0.3, -0.25) is 9.36 Å². The Balaban J connectivity index is 1.88. The van der Waals surface area contributed by atoms with Crippen molar-refractivity contribution >= 4 is 23.6 Å². The molecule has 23 heavy (non-hydrogen) atoms. The van der Waals surface area contributed by atoms with E-state index in [4.69, 9.17) is 10.2 Å². The fourth-order valence-electron chi connectivity index (χ4n) is 2.61. The van der Waals surface area contributed by atoms with Crippen LogP contribution in [0.3, 0.4) is 0 Å². The van der Waals surface area contributed by atoms with Crippen molar-refractivity contribution in [3.05, 3.63) is 24.2 Å². The molecule has 7 nitrogen and oxygen atoms in total. The standard InChI is InChI=1S/C15H21N5O2S/c1-11(13(16)21)23-15-18-17-14(19-7-3-2-4-8-19)20(15)10-12-6-5-9-22-12/h5-6,9,11H,2-4,7-8,10H2,1H3,(H2,16,21)/t11-/m1/s1. The summed E-state index contributed by atoms with van der Waals surface area (Å²) in [5.41, 5.74) is 5.37. The third kappa shape index (κ3) is 3.69. The predicted octanol–water partition coefficient (Wildman–Crippen LogP) is 1.88. The van der Waals surface area contributed by atoms with E-state index in [-0.39, 0.29) is 11.2 Å². The van der Waals surface area contributed by atoms with Crippen LogP contribution in [-0.2, 0) is 11.3 Å². The first-order chi connectivity index (χ1) is 11.1. The first-order valence-corrected chi connectivity index (χ1v) is 8.69. The van der Waals surface area contributed by atoms with Gasteiger partial charge >= 0.3 is 0 Å². The number of piperidine rings is 1. The summed E-state index contributed by atoms with van der Waals surface area (Å²) in [6.07, 6.45) is 5.23. The van der Waals surface area contributed by atoms with Gasteiger partial charge in [0.05, 0.1) is 18.1 Å². The van der Waals surface area contributed by atoms with Gasteiger partial charge in [-0.25, -0.2) is 0 Å². The minimum atomic E-state index is -0.359. The van der Waals surface area contributed by atoms with Crippen molar-refractivity contribution in [3.63, 3.8) is 0 Å². The second-order valence-corrected chi connectivity index (χ2v) is 6.97. The molecule has 0 unspecified atom stereocenters. The lowest BCUT2D eigenvalue weighted by molar-refractivity contribution is -0.117. The number of hydrogen-bond acceptors (Lipinski definition) is 6. The first-order valence-electron chi connectivity index (χ1n) is 7.81.